The maximum atomic E-state index is 9.92. The minimum atomic E-state index is 0.430. The molecule has 0 atom stereocenters. The van der Waals surface area contributed by atoms with E-state index >= 15 is 0 Å². The third kappa shape index (κ3) is 4.84. The molecule has 0 spiro atoms. The van der Waals surface area contributed by atoms with Crippen molar-refractivity contribution in [1.82, 2.24) is 0 Å². The summed E-state index contributed by atoms with van der Waals surface area (Å²) in [5.41, 5.74) is 7.37. The topological polar surface area (TPSA) is 50.8 Å². The number of rotatable bonds is 5. The van der Waals surface area contributed by atoms with Crippen molar-refractivity contribution in [3.63, 3.8) is 0 Å². The summed E-state index contributed by atoms with van der Waals surface area (Å²) in [6, 6.07) is 50.7. The highest BCUT2D eigenvalue weighted by atomic mass is 15.1. The minimum Gasteiger partial charge on any atom is -0.310 e. The van der Waals surface area contributed by atoms with Crippen molar-refractivity contribution in [2.45, 2.75) is 6.92 Å². The highest BCUT2D eigenvalue weighted by molar-refractivity contribution is 6.13. The predicted octanol–water partition coefficient (Wildman–Crippen LogP) is 10.8. The fourth-order valence-corrected chi connectivity index (χ4v) is 5.97. The number of nitriles is 2. The smallest absolute Gasteiger partial charge is 0.101 e. The van der Waals surface area contributed by atoms with E-state index in [1.165, 1.54) is 10.8 Å². The van der Waals surface area contributed by atoms with Crippen LogP contribution in [-0.2, 0) is 0 Å². The van der Waals surface area contributed by atoms with Crippen molar-refractivity contribution in [3.8, 4) is 12.1 Å². The first-order valence-electron chi connectivity index (χ1n) is 14.6. The van der Waals surface area contributed by atoms with Crippen LogP contribution in [0.25, 0.3) is 44.5 Å². The van der Waals surface area contributed by atoms with Crippen LogP contribution in [-0.4, -0.2) is 0 Å². The summed E-state index contributed by atoms with van der Waals surface area (Å²) in [5.74, 6) is 0. The van der Waals surface area contributed by atoms with Crippen LogP contribution in [0, 0.1) is 29.6 Å². The van der Waals surface area contributed by atoms with Gasteiger partial charge in [0.15, 0.2) is 0 Å². The fraction of sp³-hybridized carbons (Fsp3) is 0.0244. The van der Waals surface area contributed by atoms with Crippen LogP contribution < -0.4 is 4.90 Å². The number of fused-ring (bicyclic) bond motifs is 4. The zero-order valence-corrected chi connectivity index (χ0v) is 24.2. The summed E-state index contributed by atoms with van der Waals surface area (Å²) < 4.78 is 0. The zero-order chi connectivity index (χ0) is 30.0. The molecule has 7 rings (SSSR count). The molecule has 0 aliphatic carbocycles. The van der Waals surface area contributed by atoms with Crippen molar-refractivity contribution in [2.24, 2.45) is 0 Å². The molecule has 0 aromatic heterocycles. The predicted molar refractivity (Wildman–Crippen MR) is 183 cm³/mol. The lowest BCUT2D eigenvalue weighted by atomic mass is 9.91. The van der Waals surface area contributed by atoms with Crippen molar-refractivity contribution in [3.05, 3.63) is 161 Å². The Morgan fingerprint density at radius 2 is 1.05 bits per heavy atom. The molecule has 3 heteroatoms. The molecule has 0 saturated heterocycles. The quantitative estimate of drug-likeness (QED) is 0.155. The van der Waals surface area contributed by atoms with Crippen LogP contribution in [0.2, 0.25) is 0 Å². The molecule has 0 bridgehead atoms. The molecular weight excluding hydrogens is 534 g/mol. The first-order valence-corrected chi connectivity index (χ1v) is 14.6. The highest BCUT2D eigenvalue weighted by Crippen LogP contribution is 2.37. The van der Waals surface area contributed by atoms with Crippen LogP contribution >= 0.6 is 0 Å². The molecule has 44 heavy (non-hydrogen) atoms. The Kier molecular flexibility index (Phi) is 6.84. The lowest BCUT2D eigenvalue weighted by Gasteiger charge is -2.26. The minimum absolute atomic E-state index is 0.430. The lowest BCUT2D eigenvalue weighted by Crippen LogP contribution is -2.09. The van der Waals surface area contributed by atoms with Crippen LogP contribution in [0.3, 0.4) is 0 Å². The number of anilines is 3. The Morgan fingerprint density at radius 3 is 1.77 bits per heavy atom. The average Bonchev–Trinajstić information content (AvgIpc) is 3.07. The molecular formula is C41H27N3. The van der Waals surface area contributed by atoms with Gasteiger partial charge in [-0.05, 0) is 82.1 Å². The molecule has 7 aromatic rings. The summed E-state index contributed by atoms with van der Waals surface area (Å²) in [5, 5.41) is 25.8. The summed E-state index contributed by atoms with van der Waals surface area (Å²) in [6.45, 7) is 2.04. The van der Waals surface area contributed by atoms with Gasteiger partial charge in [-0.1, -0.05) is 109 Å². The maximum Gasteiger partial charge on any atom is 0.101 e. The number of aryl methyl sites for hydroxylation is 1. The molecule has 0 aliphatic rings. The van der Waals surface area contributed by atoms with Crippen molar-refractivity contribution < 1.29 is 0 Å². The molecule has 7 aromatic carbocycles. The van der Waals surface area contributed by atoms with Gasteiger partial charge in [0.05, 0.1) is 11.1 Å². The first-order chi connectivity index (χ1) is 21.6. The Labute approximate surface area is 256 Å². The molecule has 0 fully saturated rings. The largest absolute Gasteiger partial charge is 0.310 e. The Hall–Kier alpha value is -6.16. The monoisotopic (exact) mass is 561 g/mol. The number of hydrogen-bond donors (Lipinski definition) is 0. The van der Waals surface area contributed by atoms with Gasteiger partial charge >= 0.3 is 0 Å². The lowest BCUT2D eigenvalue weighted by molar-refractivity contribution is 1.29. The molecule has 206 valence electrons. The third-order valence-corrected chi connectivity index (χ3v) is 8.15. The molecule has 0 radical (unpaired) electrons. The molecule has 0 heterocycles. The summed E-state index contributed by atoms with van der Waals surface area (Å²) in [4.78, 5) is 2.28. The van der Waals surface area contributed by atoms with Crippen molar-refractivity contribution in [2.75, 3.05) is 4.90 Å². The summed E-state index contributed by atoms with van der Waals surface area (Å²) >= 11 is 0. The molecule has 3 nitrogen and oxygen atoms in total. The van der Waals surface area contributed by atoms with E-state index in [1.807, 2.05) is 37.3 Å². The second-order valence-electron chi connectivity index (χ2n) is 11.0. The third-order valence-electron chi connectivity index (χ3n) is 8.15. The van der Waals surface area contributed by atoms with Crippen LogP contribution in [0.4, 0.5) is 17.1 Å². The van der Waals surface area contributed by atoms with E-state index in [9.17, 15) is 10.5 Å². The molecule has 0 unspecified atom stereocenters. The fourth-order valence-electron chi connectivity index (χ4n) is 5.97. The number of benzene rings is 7. The van der Waals surface area contributed by atoms with Gasteiger partial charge in [-0.15, -0.1) is 0 Å². The summed E-state index contributed by atoms with van der Waals surface area (Å²) in [7, 11) is 0. The van der Waals surface area contributed by atoms with E-state index < -0.39 is 0 Å². The second kappa shape index (κ2) is 11.3. The standard InChI is InChI=1S/C41H27N3/c1-28-11-21-36-38(23-28)39-24-30(16-22-37(39)41(27-43)40(36)26-42)13-12-29-14-18-34(19-15-29)44(33-9-3-2-4-10-33)35-20-17-31-7-5-6-8-32(31)25-35/h2-25H,1H3. The SMILES string of the molecule is Cc1ccc2c(C#N)c(C#N)c3ccc(C=Cc4ccc(N(c5ccccc5)c5ccc6ccccc6c5)cc4)cc3c2c1. The Morgan fingerprint density at radius 1 is 0.477 bits per heavy atom. The van der Waals surface area contributed by atoms with Crippen molar-refractivity contribution >= 4 is 61.5 Å². The highest BCUT2D eigenvalue weighted by Gasteiger charge is 2.15. The normalized spacial score (nSPS) is 11.2. The van der Waals surface area contributed by atoms with E-state index in [4.69, 9.17) is 0 Å². The van der Waals surface area contributed by atoms with Crippen LogP contribution in [0.1, 0.15) is 27.8 Å². The van der Waals surface area contributed by atoms with E-state index in [-0.39, 0.29) is 0 Å². The van der Waals surface area contributed by atoms with Gasteiger partial charge < -0.3 is 4.90 Å². The van der Waals surface area contributed by atoms with E-state index in [0.29, 0.717) is 11.1 Å². The van der Waals surface area contributed by atoms with Gasteiger partial charge in [-0.25, -0.2) is 0 Å². The molecule has 0 N–H and O–H groups in total. The number of hydrogen-bond acceptors (Lipinski definition) is 3. The molecule has 0 amide bonds. The maximum absolute atomic E-state index is 9.92. The first kappa shape index (κ1) is 26.7. The zero-order valence-electron chi connectivity index (χ0n) is 24.2. The number of para-hydroxylation sites is 1. The van der Waals surface area contributed by atoms with Crippen molar-refractivity contribution in [1.29, 1.82) is 10.5 Å². The summed E-state index contributed by atoms with van der Waals surface area (Å²) in [6.07, 6.45) is 4.20. The van der Waals surface area contributed by atoms with Gasteiger partial charge in [-0.2, -0.15) is 10.5 Å². The Bertz CT molecular complexity index is 2300. The number of nitrogens with zero attached hydrogens (tertiary/aromatic N) is 3. The van der Waals surface area contributed by atoms with E-state index in [2.05, 4.69) is 132 Å². The van der Waals surface area contributed by atoms with Gasteiger partial charge in [-0.3, -0.25) is 0 Å². The van der Waals surface area contributed by atoms with Gasteiger partial charge in [0, 0.05) is 27.8 Å². The van der Waals surface area contributed by atoms with Crippen LogP contribution in [0.15, 0.2) is 133 Å². The van der Waals surface area contributed by atoms with Gasteiger partial charge in [0.2, 0.25) is 0 Å². The van der Waals surface area contributed by atoms with Crippen LogP contribution in [0.5, 0.6) is 0 Å². The van der Waals surface area contributed by atoms with Gasteiger partial charge in [0.1, 0.15) is 12.1 Å². The van der Waals surface area contributed by atoms with E-state index in [0.717, 1.165) is 55.3 Å². The van der Waals surface area contributed by atoms with E-state index in [1.54, 1.807) is 0 Å². The molecule has 0 aliphatic heterocycles. The van der Waals surface area contributed by atoms with Gasteiger partial charge in [0.25, 0.3) is 0 Å². The molecule has 0 saturated carbocycles. The Balaban J connectivity index is 1.25. The second-order valence-corrected chi connectivity index (χ2v) is 11.0. The average molecular weight is 562 g/mol.